The predicted molar refractivity (Wildman–Crippen MR) is 43.1 cm³/mol. The van der Waals surface area contributed by atoms with Gasteiger partial charge >= 0.3 is 7.69 Å². The molecular weight excluding hydrogens is 206 g/mol. The van der Waals surface area contributed by atoms with E-state index in [0.717, 1.165) is 18.2 Å². The minimum atomic E-state index is -0.340. The Hall–Kier alpha value is 0.755. The van der Waals surface area contributed by atoms with Crippen LogP contribution in [0.25, 0.3) is 0 Å². The molecule has 2 nitrogen and oxygen atoms in total. The molecule has 5 heteroatoms. The van der Waals surface area contributed by atoms with Crippen molar-refractivity contribution in [1.29, 1.82) is 0 Å². The van der Waals surface area contributed by atoms with Gasteiger partial charge < -0.3 is 9.68 Å². The van der Waals surface area contributed by atoms with E-state index in [0.29, 0.717) is 0 Å². The molecule has 0 aliphatic rings. The molecule has 0 aromatic heterocycles. The second-order valence-corrected chi connectivity index (χ2v) is 2.82. The minimum absolute atomic E-state index is 0.295. The Morgan fingerprint density at radius 2 is 2.44 bits per heavy atom. The topological polar surface area (TPSA) is 29.5 Å². The summed E-state index contributed by atoms with van der Waals surface area (Å²) in [4.78, 5) is 0. The maximum atomic E-state index is 8.22. The van der Waals surface area contributed by atoms with Gasteiger partial charge in [-0.1, -0.05) is 27.5 Å². The van der Waals surface area contributed by atoms with Crippen LogP contribution in [0.15, 0.2) is 0 Å². The molecule has 1 N–H and O–H groups in total. The summed E-state index contributed by atoms with van der Waals surface area (Å²) < 4.78 is 4.64. The maximum absolute atomic E-state index is 8.22. The summed E-state index contributed by atoms with van der Waals surface area (Å²) in [5.41, 5.74) is -0.340. The molecule has 0 bridgehead atoms. The molecule has 0 fully saturated rings. The fourth-order valence-corrected chi connectivity index (χ4v) is 0.936. The predicted octanol–water partition coefficient (Wildman–Crippen LogP) is 1.00. The van der Waals surface area contributed by atoms with E-state index >= 15 is 0 Å². The molecule has 54 valence electrons. The van der Waals surface area contributed by atoms with Crippen molar-refractivity contribution in [1.82, 2.24) is 0 Å². The lowest BCUT2D eigenvalue weighted by atomic mass is 10.3. The molecule has 0 spiro atoms. The van der Waals surface area contributed by atoms with Gasteiger partial charge in [0, 0.05) is 5.33 Å². The summed E-state index contributed by atoms with van der Waals surface area (Å²) in [5, 5.41) is 9.14. The summed E-state index contributed by atoms with van der Waals surface area (Å²) in [6.45, 7) is 0. The smallest absolute Gasteiger partial charge is 0.430 e. The van der Waals surface area contributed by atoms with Crippen LogP contribution in [-0.2, 0) is 4.65 Å². The zero-order valence-electron chi connectivity index (χ0n) is 5.02. The van der Waals surface area contributed by atoms with E-state index in [1.54, 1.807) is 0 Å². The van der Waals surface area contributed by atoms with E-state index in [2.05, 4.69) is 20.6 Å². The first kappa shape index (κ1) is 9.75. The van der Waals surface area contributed by atoms with E-state index in [-0.39, 0.29) is 13.2 Å². The van der Waals surface area contributed by atoms with Gasteiger partial charge in [0.1, 0.15) is 5.56 Å². The number of rotatable bonds is 5. The van der Waals surface area contributed by atoms with Gasteiger partial charge in [-0.05, 0) is 12.8 Å². The Kier molecular flexibility index (Phi) is 7.45. The van der Waals surface area contributed by atoms with Crippen LogP contribution in [0.5, 0.6) is 0 Å². The lowest BCUT2D eigenvalue weighted by Crippen LogP contribution is -2.08. The number of hydrogen-bond donors (Lipinski definition) is 1. The Labute approximate surface area is 69.0 Å². The fourth-order valence-electron chi connectivity index (χ4n) is 0.402. The number of hydrogen-bond acceptors (Lipinski definition) is 2. The third kappa shape index (κ3) is 6.64. The highest BCUT2D eigenvalue weighted by atomic mass is 79.9. The zero-order chi connectivity index (χ0) is 7.11. The second kappa shape index (κ2) is 6.87. The summed E-state index contributed by atoms with van der Waals surface area (Å²) in [5.74, 6) is 0. The molecule has 0 rings (SSSR count). The van der Waals surface area contributed by atoms with E-state index in [9.17, 15) is 0 Å². The Morgan fingerprint density at radius 1 is 1.78 bits per heavy atom. The van der Waals surface area contributed by atoms with Crippen molar-refractivity contribution in [3.63, 3.8) is 0 Å². The molecule has 0 aliphatic carbocycles. The lowest BCUT2D eigenvalue weighted by molar-refractivity contribution is 0.243. The van der Waals surface area contributed by atoms with Crippen molar-refractivity contribution in [2.75, 3.05) is 5.33 Å². The molecule has 0 aliphatic heterocycles. The van der Waals surface area contributed by atoms with Crippen LogP contribution in [0, 0.1) is 0 Å². The van der Waals surface area contributed by atoms with Gasteiger partial charge in [-0.15, -0.1) is 0 Å². The van der Waals surface area contributed by atoms with Crippen molar-refractivity contribution in [3.05, 3.63) is 0 Å². The first-order valence-corrected chi connectivity index (χ1v) is 4.29. The SMILES string of the molecule is OBOC(Cl)CCCBr. The summed E-state index contributed by atoms with van der Waals surface area (Å²) in [6.07, 6.45) is 1.74. The monoisotopic (exact) mass is 214 g/mol. The number of alkyl halides is 2. The zero-order valence-corrected chi connectivity index (χ0v) is 7.36. The van der Waals surface area contributed by atoms with Crippen molar-refractivity contribution >= 4 is 35.2 Å². The van der Waals surface area contributed by atoms with Crippen molar-refractivity contribution < 1.29 is 9.68 Å². The average Bonchev–Trinajstić information content (AvgIpc) is 1.85. The van der Waals surface area contributed by atoms with Crippen LogP contribution >= 0.6 is 27.5 Å². The molecule has 1 unspecified atom stereocenters. The van der Waals surface area contributed by atoms with E-state index < -0.39 is 0 Å². The van der Waals surface area contributed by atoms with E-state index in [1.165, 1.54) is 0 Å². The molecule has 9 heavy (non-hydrogen) atoms. The Morgan fingerprint density at radius 3 is 2.89 bits per heavy atom. The maximum Gasteiger partial charge on any atom is 0.436 e. The summed E-state index contributed by atoms with van der Waals surface area (Å²) >= 11 is 8.81. The van der Waals surface area contributed by atoms with Gasteiger partial charge in [-0.2, -0.15) is 0 Å². The third-order valence-electron chi connectivity index (χ3n) is 0.820. The molecular formula is C4H9BBrClO2. The standard InChI is InChI=1S/C4H9BBrClO2/c6-3-1-2-4(7)9-5-8/h4-5,8H,1-3H2. The third-order valence-corrected chi connectivity index (χ3v) is 1.73. The lowest BCUT2D eigenvalue weighted by Gasteiger charge is -2.05. The van der Waals surface area contributed by atoms with Crippen LogP contribution in [0.4, 0.5) is 0 Å². The Bertz CT molecular complexity index is 66.5. The van der Waals surface area contributed by atoms with E-state index in [4.69, 9.17) is 16.6 Å². The summed E-state index contributed by atoms with van der Waals surface area (Å²) in [7, 11) is -0.295. The highest BCUT2D eigenvalue weighted by Crippen LogP contribution is 2.06. The molecule has 0 aromatic carbocycles. The molecule has 0 aromatic rings. The molecule has 0 amide bonds. The largest absolute Gasteiger partial charge is 0.436 e. The number of halogens is 2. The van der Waals surface area contributed by atoms with Crippen LogP contribution < -0.4 is 0 Å². The van der Waals surface area contributed by atoms with Crippen LogP contribution in [0.3, 0.4) is 0 Å². The fraction of sp³-hybridized carbons (Fsp3) is 1.00. The van der Waals surface area contributed by atoms with Crippen molar-refractivity contribution in [2.24, 2.45) is 0 Å². The molecule has 0 saturated carbocycles. The molecule has 1 atom stereocenters. The second-order valence-electron chi connectivity index (χ2n) is 1.54. The van der Waals surface area contributed by atoms with E-state index in [1.807, 2.05) is 0 Å². The van der Waals surface area contributed by atoms with Crippen LogP contribution in [0.2, 0.25) is 0 Å². The van der Waals surface area contributed by atoms with Crippen LogP contribution in [0.1, 0.15) is 12.8 Å². The first-order chi connectivity index (χ1) is 4.31. The first-order valence-electron chi connectivity index (χ1n) is 2.73. The van der Waals surface area contributed by atoms with Gasteiger partial charge in [0.05, 0.1) is 0 Å². The Balaban J connectivity index is 2.95. The van der Waals surface area contributed by atoms with Gasteiger partial charge in [-0.3, -0.25) is 0 Å². The van der Waals surface area contributed by atoms with Gasteiger partial charge in [0.25, 0.3) is 0 Å². The van der Waals surface area contributed by atoms with Crippen molar-refractivity contribution in [3.8, 4) is 0 Å². The molecule has 0 radical (unpaired) electrons. The summed E-state index contributed by atoms with van der Waals surface area (Å²) in [6, 6.07) is 0. The van der Waals surface area contributed by atoms with Crippen LogP contribution in [-0.4, -0.2) is 23.6 Å². The molecule has 0 saturated heterocycles. The minimum Gasteiger partial charge on any atom is -0.430 e. The highest BCUT2D eigenvalue weighted by Gasteiger charge is 2.01. The van der Waals surface area contributed by atoms with Gasteiger partial charge in [-0.25, -0.2) is 0 Å². The highest BCUT2D eigenvalue weighted by molar-refractivity contribution is 9.09. The van der Waals surface area contributed by atoms with Crippen molar-refractivity contribution in [2.45, 2.75) is 18.4 Å². The average molecular weight is 215 g/mol. The normalized spacial score (nSPS) is 13.2. The molecule has 0 heterocycles. The van der Waals surface area contributed by atoms with Gasteiger partial charge in [0.2, 0.25) is 0 Å². The van der Waals surface area contributed by atoms with Gasteiger partial charge in [0.15, 0.2) is 0 Å². The quantitative estimate of drug-likeness (QED) is 0.547.